The SMILES string of the molecule is Cc1ccc(N(c2ccccc2)c2ccc3cc4c(cc3c2)C2(c3ccccc3-c3ccccc32)c2c-4ccc3cc(N(c4ccccc4)c4ccc(C)cc4)ccc23)cc1. The lowest BCUT2D eigenvalue weighted by molar-refractivity contribution is 0.802. The summed E-state index contributed by atoms with van der Waals surface area (Å²) in [6.07, 6.45) is 0. The second kappa shape index (κ2) is 13.7. The maximum Gasteiger partial charge on any atom is 0.0731 e. The zero-order valence-corrected chi connectivity index (χ0v) is 34.2. The van der Waals surface area contributed by atoms with Gasteiger partial charge in [-0.05, 0) is 165 Å². The maximum atomic E-state index is 2.51. The van der Waals surface area contributed by atoms with Crippen LogP contribution in [0.4, 0.5) is 34.1 Å². The molecule has 12 rings (SSSR count). The van der Waals surface area contributed by atoms with Crippen molar-refractivity contribution in [3.8, 4) is 22.3 Å². The number of anilines is 6. The van der Waals surface area contributed by atoms with E-state index in [0.29, 0.717) is 0 Å². The molecule has 10 aromatic carbocycles. The summed E-state index contributed by atoms with van der Waals surface area (Å²) in [6.45, 7) is 4.29. The van der Waals surface area contributed by atoms with Crippen molar-refractivity contribution >= 4 is 55.7 Å². The minimum Gasteiger partial charge on any atom is -0.310 e. The van der Waals surface area contributed by atoms with E-state index in [1.807, 2.05) is 0 Å². The molecule has 0 unspecified atom stereocenters. The minimum atomic E-state index is -0.505. The van der Waals surface area contributed by atoms with Gasteiger partial charge >= 0.3 is 0 Å². The smallest absolute Gasteiger partial charge is 0.0731 e. The first-order chi connectivity index (χ1) is 30.1. The van der Waals surface area contributed by atoms with Crippen molar-refractivity contribution in [3.63, 3.8) is 0 Å². The standard InChI is InChI=1S/C59H42N2/c1-39-21-27-46(28-22-39)60(44-13-5-3-6-14-44)48-31-25-41-37-54-53-33-26-42-35-49(61(45-15-7-4-8-16-45)47-29-23-40(2)24-30-47)32-34-50(42)58(53)59(57(54)38-43(41)36-48)55-19-11-9-17-51(55)52-18-10-12-20-56(52)59/h3-38H,1-2H3. The van der Waals surface area contributed by atoms with Gasteiger partial charge in [-0.25, -0.2) is 0 Å². The predicted octanol–water partition coefficient (Wildman–Crippen LogP) is 15.9. The Kier molecular flexibility index (Phi) is 7.92. The van der Waals surface area contributed by atoms with Crippen LogP contribution in [0, 0.1) is 13.8 Å². The summed E-state index contributed by atoms with van der Waals surface area (Å²) in [4.78, 5) is 4.74. The average Bonchev–Trinajstić information content (AvgIpc) is 3.77. The van der Waals surface area contributed by atoms with Gasteiger partial charge in [0.1, 0.15) is 0 Å². The highest BCUT2D eigenvalue weighted by Gasteiger charge is 2.52. The average molecular weight is 779 g/mol. The van der Waals surface area contributed by atoms with E-state index in [0.717, 1.165) is 34.1 Å². The summed E-state index contributed by atoms with van der Waals surface area (Å²) in [5.74, 6) is 0. The third-order valence-corrected chi connectivity index (χ3v) is 13.1. The lowest BCUT2D eigenvalue weighted by atomic mass is 9.69. The molecule has 0 saturated carbocycles. The molecule has 0 amide bonds. The second-order valence-corrected chi connectivity index (χ2v) is 16.7. The van der Waals surface area contributed by atoms with Crippen molar-refractivity contribution in [3.05, 3.63) is 252 Å². The monoisotopic (exact) mass is 778 g/mol. The fourth-order valence-electron chi connectivity index (χ4n) is 10.4. The van der Waals surface area contributed by atoms with E-state index in [2.05, 4.69) is 242 Å². The third-order valence-electron chi connectivity index (χ3n) is 13.1. The van der Waals surface area contributed by atoms with Crippen LogP contribution >= 0.6 is 0 Å². The first kappa shape index (κ1) is 35.3. The summed E-state index contributed by atoms with van der Waals surface area (Å²) >= 11 is 0. The van der Waals surface area contributed by atoms with Gasteiger partial charge < -0.3 is 9.80 Å². The Morgan fingerprint density at radius 2 is 0.754 bits per heavy atom. The first-order valence-electron chi connectivity index (χ1n) is 21.3. The molecule has 2 heteroatoms. The van der Waals surface area contributed by atoms with Crippen LogP contribution in [0.2, 0.25) is 0 Å². The Labute approximate surface area is 357 Å². The zero-order chi connectivity index (χ0) is 40.7. The number of fused-ring (bicyclic) bond motifs is 13. The van der Waals surface area contributed by atoms with Gasteiger partial charge in [0.25, 0.3) is 0 Å². The van der Waals surface area contributed by atoms with E-state index < -0.39 is 5.41 Å². The van der Waals surface area contributed by atoms with E-state index in [1.165, 1.54) is 77.2 Å². The lowest BCUT2D eigenvalue weighted by Gasteiger charge is -2.32. The van der Waals surface area contributed by atoms with Crippen molar-refractivity contribution in [2.24, 2.45) is 0 Å². The normalized spacial score (nSPS) is 12.9. The van der Waals surface area contributed by atoms with Gasteiger partial charge in [-0.3, -0.25) is 0 Å². The van der Waals surface area contributed by atoms with Gasteiger partial charge in [0.15, 0.2) is 0 Å². The Bertz CT molecular complexity index is 3270. The molecule has 0 fully saturated rings. The van der Waals surface area contributed by atoms with Crippen molar-refractivity contribution in [1.29, 1.82) is 0 Å². The minimum absolute atomic E-state index is 0.505. The van der Waals surface area contributed by atoms with E-state index >= 15 is 0 Å². The van der Waals surface area contributed by atoms with Gasteiger partial charge in [0, 0.05) is 34.1 Å². The largest absolute Gasteiger partial charge is 0.310 e. The Hall–Kier alpha value is -7.68. The van der Waals surface area contributed by atoms with Gasteiger partial charge in [0.05, 0.1) is 5.41 Å². The quantitative estimate of drug-likeness (QED) is 0.166. The van der Waals surface area contributed by atoms with Crippen LogP contribution in [0.25, 0.3) is 43.8 Å². The van der Waals surface area contributed by atoms with E-state index in [-0.39, 0.29) is 0 Å². The van der Waals surface area contributed by atoms with Crippen LogP contribution in [-0.4, -0.2) is 0 Å². The van der Waals surface area contributed by atoms with Crippen LogP contribution in [0.3, 0.4) is 0 Å². The Morgan fingerprint density at radius 1 is 0.295 bits per heavy atom. The van der Waals surface area contributed by atoms with E-state index in [1.54, 1.807) is 0 Å². The van der Waals surface area contributed by atoms with Crippen molar-refractivity contribution in [2.75, 3.05) is 9.80 Å². The summed E-state index contributed by atoms with van der Waals surface area (Å²) in [7, 11) is 0. The molecule has 2 nitrogen and oxygen atoms in total. The van der Waals surface area contributed by atoms with Gasteiger partial charge in [-0.1, -0.05) is 145 Å². The molecule has 0 atom stereocenters. The van der Waals surface area contributed by atoms with E-state index in [9.17, 15) is 0 Å². The van der Waals surface area contributed by atoms with Crippen LogP contribution in [0.5, 0.6) is 0 Å². The predicted molar refractivity (Wildman–Crippen MR) is 257 cm³/mol. The van der Waals surface area contributed by atoms with Gasteiger partial charge in [0.2, 0.25) is 0 Å². The van der Waals surface area contributed by atoms with Crippen LogP contribution in [-0.2, 0) is 5.41 Å². The van der Waals surface area contributed by atoms with E-state index in [4.69, 9.17) is 0 Å². The summed E-state index contributed by atoms with van der Waals surface area (Å²) < 4.78 is 0. The number of aryl methyl sites for hydroxylation is 2. The maximum absolute atomic E-state index is 2.51. The number of hydrogen-bond donors (Lipinski definition) is 0. The fourth-order valence-corrected chi connectivity index (χ4v) is 10.4. The first-order valence-corrected chi connectivity index (χ1v) is 21.3. The van der Waals surface area contributed by atoms with Crippen LogP contribution < -0.4 is 9.80 Å². The van der Waals surface area contributed by atoms with Crippen molar-refractivity contribution < 1.29 is 0 Å². The summed E-state index contributed by atoms with van der Waals surface area (Å²) in [6, 6.07) is 81.2. The molecule has 61 heavy (non-hydrogen) atoms. The molecule has 0 radical (unpaired) electrons. The molecule has 2 aliphatic rings. The fraction of sp³-hybridized carbons (Fsp3) is 0.0508. The Morgan fingerprint density at radius 3 is 1.33 bits per heavy atom. The molecule has 288 valence electrons. The molecule has 0 aliphatic heterocycles. The molecule has 0 saturated heterocycles. The number of para-hydroxylation sites is 2. The summed E-state index contributed by atoms with van der Waals surface area (Å²) in [5, 5.41) is 4.96. The van der Waals surface area contributed by atoms with Crippen LogP contribution in [0.15, 0.2) is 218 Å². The number of nitrogens with zero attached hydrogens (tertiary/aromatic N) is 2. The topological polar surface area (TPSA) is 6.48 Å². The lowest BCUT2D eigenvalue weighted by Crippen LogP contribution is -2.26. The van der Waals surface area contributed by atoms with Gasteiger partial charge in [-0.2, -0.15) is 0 Å². The molecule has 0 bridgehead atoms. The molecule has 10 aromatic rings. The molecular weight excluding hydrogens is 737 g/mol. The zero-order valence-electron chi connectivity index (χ0n) is 34.2. The number of hydrogen-bond acceptors (Lipinski definition) is 2. The molecule has 0 aromatic heterocycles. The highest BCUT2D eigenvalue weighted by Crippen LogP contribution is 2.64. The number of rotatable bonds is 6. The number of benzene rings is 10. The van der Waals surface area contributed by atoms with Crippen molar-refractivity contribution in [2.45, 2.75) is 19.3 Å². The molecule has 0 heterocycles. The highest BCUT2D eigenvalue weighted by atomic mass is 15.1. The molecule has 0 N–H and O–H groups in total. The van der Waals surface area contributed by atoms with Gasteiger partial charge in [-0.15, -0.1) is 0 Å². The highest BCUT2D eigenvalue weighted by molar-refractivity contribution is 6.07. The van der Waals surface area contributed by atoms with Crippen molar-refractivity contribution in [1.82, 2.24) is 0 Å². The second-order valence-electron chi connectivity index (χ2n) is 16.7. The molecular formula is C59H42N2. The Balaban J connectivity index is 1.10. The molecule has 2 aliphatic carbocycles. The molecule has 1 spiro atoms. The van der Waals surface area contributed by atoms with Crippen LogP contribution in [0.1, 0.15) is 33.4 Å². The summed E-state index contributed by atoms with van der Waals surface area (Å²) in [5.41, 5.74) is 19.4. The third kappa shape index (κ3) is 5.35.